The van der Waals surface area contributed by atoms with E-state index in [1.54, 1.807) is 6.07 Å². The predicted molar refractivity (Wildman–Crippen MR) is 79.4 cm³/mol. The first-order valence-electron chi connectivity index (χ1n) is 6.72. The fraction of sp³-hybridized carbons (Fsp3) is 0.429. The van der Waals surface area contributed by atoms with Gasteiger partial charge >= 0.3 is 12.1 Å². The monoisotopic (exact) mass is 278 g/mol. The second-order valence-corrected chi connectivity index (χ2v) is 4.68. The van der Waals surface area contributed by atoms with Gasteiger partial charge in [-0.05, 0) is 31.9 Å². The van der Waals surface area contributed by atoms with Gasteiger partial charge in [0.2, 0.25) is 0 Å². The first kappa shape index (κ1) is 15.8. The van der Waals surface area contributed by atoms with Crippen molar-refractivity contribution in [1.29, 1.82) is 0 Å². The number of hydrazine groups is 1. The van der Waals surface area contributed by atoms with Crippen LogP contribution >= 0.6 is 0 Å². The molecule has 1 aromatic rings. The molecule has 1 atom stereocenters. The van der Waals surface area contributed by atoms with E-state index in [1.165, 1.54) is 0 Å². The summed E-state index contributed by atoms with van der Waals surface area (Å²) in [6.45, 7) is 5.85. The Morgan fingerprint density at radius 1 is 1.15 bits per heavy atom. The van der Waals surface area contributed by atoms with Gasteiger partial charge < -0.3 is 10.6 Å². The van der Waals surface area contributed by atoms with Crippen LogP contribution in [0.1, 0.15) is 32.3 Å². The van der Waals surface area contributed by atoms with Gasteiger partial charge in [0.15, 0.2) is 0 Å². The predicted octanol–water partition coefficient (Wildman–Crippen LogP) is 2.52. The topological polar surface area (TPSA) is 82.3 Å². The van der Waals surface area contributed by atoms with Gasteiger partial charge in [0.25, 0.3) is 0 Å². The molecule has 0 radical (unpaired) electrons. The van der Waals surface area contributed by atoms with Gasteiger partial charge in [-0.2, -0.15) is 0 Å². The lowest BCUT2D eigenvalue weighted by Gasteiger charge is -2.14. The molecule has 0 heterocycles. The minimum Gasteiger partial charge on any atom is -0.334 e. The first-order chi connectivity index (χ1) is 9.52. The highest BCUT2D eigenvalue weighted by Gasteiger charge is 2.08. The smallest absolute Gasteiger partial charge is 0.334 e. The van der Waals surface area contributed by atoms with E-state index in [0.717, 1.165) is 18.4 Å². The number of amides is 4. The Balaban J connectivity index is 2.33. The van der Waals surface area contributed by atoms with Crippen LogP contribution in [-0.4, -0.2) is 18.1 Å². The molecule has 0 aliphatic carbocycles. The van der Waals surface area contributed by atoms with Crippen molar-refractivity contribution in [2.75, 3.05) is 5.32 Å². The number of hydrogen-bond donors (Lipinski definition) is 4. The first-order valence-corrected chi connectivity index (χ1v) is 6.72. The van der Waals surface area contributed by atoms with E-state index in [0.29, 0.717) is 5.69 Å². The van der Waals surface area contributed by atoms with Crippen molar-refractivity contribution in [3.63, 3.8) is 0 Å². The van der Waals surface area contributed by atoms with Crippen LogP contribution in [-0.2, 0) is 0 Å². The van der Waals surface area contributed by atoms with Crippen molar-refractivity contribution >= 4 is 17.7 Å². The standard InChI is InChI=1S/C14H22N4O2/c1-4-7-11(3)15-13(19)17-18-14(20)16-12-9-6-5-8-10(12)2/h5-6,8-9,11H,4,7H2,1-3H3,(H2,15,17,19)(H2,16,18,20)/t11-/m1/s1. The van der Waals surface area contributed by atoms with Crippen molar-refractivity contribution in [2.24, 2.45) is 0 Å². The fourth-order valence-corrected chi connectivity index (χ4v) is 1.75. The summed E-state index contributed by atoms with van der Waals surface area (Å²) in [5.74, 6) is 0. The van der Waals surface area contributed by atoms with Crippen molar-refractivity contribution < 1.29 is 9.59 Å². The minimum atomic E-state index is -0.488. The minimum absolute atomic E-state index is 0.0706. The van der Waals surface area contributed by atoms with E-state index in [-0.39, 0.29) is 6.04 Å². The Bertz CT molecular complexity index is 462. The zero-order valence-electron chi connectivity index (χ0n) is 12.1. The molecule has 0 aliphatic rings. The molecular weight excluding hydrogens is 256 g/mol. The number of urea groups is 2. The number of hydrogen-bond acceptors (Lipinski definition) is 2. The Morgan fingerprint density at radius 3 is 2.45 bits per heavy atom. The van der Waals surface area contributed by atoms with Crippen LogP contribution in [0.15, 0.2) is 24.3 Å². The molecule has 4 N–H and O–H groups in total. The van der Waals surface area contributed by atoms with Crippen molar-refractivity contribution in [1.82, 2.24) is 16.2 Å². The lowest BCUT2D eigenvalue weighted by Crippen LogP contribution is -2.50. The molecule has 0 aromatic heterocycles. The third-order valence-corrected chi connectivity index (χ3v) is 2.78. The van der Waals surface area contributed by atoms with Crippen LogP contribution in [0.5, 0.6) is 0 Å². The van der Waals surface area contributed by atoms with Crippen LogP contribution in [0, 0.1) is 6.92 Å². The maximum atomic E-state index is 11.6. The largest absolute Gasteiger partial charge is 0.337 e. The molecule has 6 heteroatoms. The summed E-state index contributed by atoms with van der Waals surface area (Å²) in [5, 5.41) is 5.37. The van der Waals surface area contributed by atoms with E-state index in [4.69, 9.17) is 0 Å². The molecule has 20 heavy (non-hydrogen) atoms. The molecule has 6 nitrogen and oxygen atoms in total. The van der Waals surface area contributed by atoms with E-state index in [9.17, 15) is 9.59 Å². The third kappa shape index (κ3) is 5.60. The summed E-state index contributed by atoms with van der Waals surface area (Å²) in [4.78, 5) is 23.1. The van der Waals surface area contributed by atoms with E-state index >= 15 is 0 Å². The van der Waals surface area contributed by atoms with Crippen LogP contribution < -0.4 is 21.5 Å². The Morgan fingerprint density at radius 2 is 1.80 bits per heavy atom. The molecule has 110 valence electrons. The number of rotatable bonds is 4. The number of anilines is 1. The van der Waals surface area contributed by atoms with Gasteiger partial charge in [0.1, 0.15) is 0 Å². The highest BCUT2D eigenvalue weighted by molar-refractivity contribution is 5.91. The molecular formula is C14H22N4O2. The number of benzene rings is 1. The Kier molecular flexibility index (Phi) is 6.36. The molecule has 0 spiro atoms. The number of aryl methyl sites for hydroxylation is 1. The van der Waals surface area contributed by atoms with E-state index < -0.39 is 12.1 Å². The van der Waals surface area contributed by atoms with Gasteiger partial charge in [-0.25, -0.2) is 20.4 Å². The average Bonchev–Trinajstić information content (AvgIpc) is 2.39. The lowest BCUT2D eigenvalue weighted by molar-refractivity contribution is 0.227. The molecule has 0 bridgehead atoms. The van der Waals surface area contributed by atoms with Crippen molar-refractivity contribution in [3.05, 3.63) is 29.8 Å². The SMILES string of the molecule is CCC[C@@H](C)NC(=O)NNC(=O)Nc1ccccc1C. The second-order valence-electron chi connectivity index (χ2n) is 4.68. The normalized spacial score (nSPS) is 11.3. The second kappa shape index (κ2) is 8.04. The van der Waals surface area contributed by atoms with E-state index in [1.807, 2.05) is 39.0 Å². The maximum absolute atomic E-state index is 11.6. The van der Waals surface area contributed by atoms with Crippen LogP contribution in [0.2, 0.25) is 0 Å². The molecule has 0 unspecified atom stereocenters. The van der Waals surface area contributed by atoms with Crippen LogP contribution in [0.25, 0.3) is 0 Å². The fourth-order valence-electron chi connectivity index (χ4n) is 1.75. The van der Waals surface area contributed by atoms with Crippen LogP contribution in [0.3, 0.4) is 0 Å². The number of para-hydroxylation sites is 1. The average molecular weight is 278 g/mol. The van der Waals surface area contributed by atoms with Gasteiger partial charge in [0, 0.05) is 11.7 Å². The molecule has 0 saturated carbocycles. The summed E-state index contributed by atoms with van der Waals surface area (Å²) >= 11 is 0. The zero-order chi connectivity index (χ0) is 15.0. The maximum Gasteiger partial charge on any atom is 0.337 e. The molecule has 0 saturated heterocycles. The van der Waals surface area contributed by atoms with Gasteiger partial charge in [0.05, 0.1) is 0 Å². The number of carbonyl (C=O) groups is 2. The molecule has 4 amide bonds. The molecule has 1 rings (SSSR count). The summed E-state index contributed by atoms with van der Waals surface area (Å²) in [7, 11) is 0. The van der Waals surface area contributed by atoms with Crippen molar-refractivity contribution in [3.8, 4) is 0 Å². The van der Waals surface area contributed by atoms with Gasteiger partial charge in [-0.3, -0.25) is 0 Å². The number of nitrogens with one attached hydrogen (secondary N) is 4. The third-order valence-electron chi connectivity index (χ3n) is 2.78. The van der Waals surface area contributed by atoms with Gasteiger partial charge in [-0.15, -0.1) is 0 Å². The molecule has 0 fully saturated rings. The summed E-state index contributed by atoms with van der Waals surface area (Å²) in [5.41, 5.74) is 6.24. The highest BCUT2D eigenvalue weighted by atomic mass is 16.2. The number of carbonyl (C=O) groups excluding carboxylic acids is 2. The Hall–Kier alpha value is -2.24. The van der Waals surface area contributed by atoms with E-state index in [2.05, 4.69) is 21.5 Å². The Labute approximate surface area is 119 Å². The molecule has 0 aliphatic heterocycles. The highest BCUT2D eigenvalue weighted by Crippen LogP contribution is 2.12. The molecule has 1 aromatic carbocycles. The summed E-state index contributed by atoms with van der Waals surface area (Å²) < 4.78 is 0. The quantitative estimate of drug-likeness (QED) is 0.638. The van der Waals surface area contributed by atoms with Gasteiger partial charge in [-0.1, -0.05) is 31.5 Å². The van der Waals surface area contributed by atoms with Crippen LogP contribution in [0.4, 0.5) is 15.3 Å². The van der Waals surface area contributed by atoms with Crippen molar-refractivity contribution in [2.45, 2.75) is 39.7 Å². The summed E-state index contributed by atoms with van der Waals surface area (Å²) in [6, 6.07) is 6.55. The lowest BCUT2D eigenvalue weighted by atomic mass is 10.2. The zero-order valence-corrected chi connectivity index (χ0v) is 12.1. The summed E-state index contributed by atoms with van der Waals surface area (Å²) in [6.07, 6.45) is 1.88.